The van der Waals surface area contributed by atoms with Gasteiger partial charge >= 0.3 is 0 Å². The molecule has 104 valence electrons. The molecule has 0 unspecified atom stereocenters. The summed E-state index contributed by atoms with van der Waals surface area (Å²) in [5.41, 5.74) is 0.699. The first-order valence-electron chi connectivity index (χ1n) is 6.33. The molecule has 4 nitrogen and oxygen atoms in total. The Hall–Kier alpha value is -1.55. The molecule has 0 radical (unpaired) electrons. The lowest BCUT2D eigenvalue weighted by atomic mass is 10.1. The van der Waals surface area contributed by atoms with E-state index in [1.54, 1.807) is 12.1 Å². The number of Topliss-reactive ketones (excluding diaryl/α,β-unsaturated/α-hetero) is 1. The van der Waals surface area contributed by atoms with E-state index in [1.807, 2.05) is 19.1 Å². The summed E-state index contributed by atoms with van der Waals surface area (Å²) in [6, 6.07) is 7.24. The van der Waals surface area contributed by atoms with E-state index in [2.05, 4.69) is 10.3 Å². The van der Waals surface area contributed by atoms with Gasteiger partial charge in [0, 0.05) is 18.5 Å². The topological polar surface area (TPSA) is 50.7 Å². The van der Waals surface area contributed by atoms with Crippen LogP contribution in [0.25, 0.3) is 0 Å². The Morgan fingerprint density at radius 1 is 1.37 bits per heavy atom. The molecule has 0 amide bonds. The average molecular weight is 283 g/mol. The minimum absolute atomic E-state index is 0. The molecule has 0 atom stereocenters. The van der Waals surface area contributed by atoms with Gasteiger partial charge in [-0.3, -0.25) is 9.79 Å². The number of benzene rings is 1. The number of carbonyl (C=O) groups excluding carboxylic acids is 1. The van der Waals surface area contributed by atoms with Crippen LogP contribution in [-0.4, -0.2) is 31.3 Å². The predicted octanol–water partition coefficient (Wildman–Crippen LogP) is 2.47. The van der Waals surface area contributed by atoms with Gasteiger partial charge < -0.3 is 10.1 Å². The fraction of sp³-hybridized carbons (Fsp3) is 0.429. The number of ether oxygens (including phenoxy) is 1. The normalized spacial score (nSPS) is 13.4. The van der Waals surface area contributed by atoms with Crippen molar-refractivity contribution in [3.05, 3.63) is 29.8 Å². The molecule has 1 heterocycles. The molecule has 2 rings (SSSR count). The number of halogens is 1. The minimum atomic E-state index is 0. The molecule has 1 aromatic rings. The summed E-state index contributed by atoms with van der Waals surface area (Å²) in [7, 11) is 0. The van der Waals surface area contributed by atoms with E-state index < -0.39 is 0 Å². The molecule has 1 aromatic carbocycles. The molecule has 0 saturated heterocycles. The zero-order valence-corrected chi connectivity index (χ0v) is 11.8. The van der Waals surface area contributed by atoms with Crippen molar-refractivity contribution in [1.29, 1.82) is 0 Å². The SMILES string of the molecule is CCOc1ccc(C(=O)CNC2=NCCC2)cc1.Cl. The average Bonchev–Trinajstić information content (AvgIpc) is 2.90. The van der Waals surface area contributed by atoms with Crippen LogP contribution in [0.5, 0.6) is 5.75 Å². The van der Waals surface area contributed by atoms with Crippen molar-refractivity contribution in [2.75, 3.05) is 19.7 Å². The Balaban J connectivity index is 0.00000180. The van der Waals surface area contributed by atoms with E-state index >= 15 is 0 Å². The van der Waals surface area contributed by atoms with Crippen LogP contribution >= 0.6 is 12.4 Å². The molecule has 0 saturated carbocycles. The molecule has 0 spiro atoms. The van der Waals surface area contributed by atoms with E-state index in [0.717, 1.165) is 31.0 Å². The van der Waals surface area contributed by atoms with Crippen LogP contribution in [0.15, 0.2) is 29.3 Å². The lowest BCUT2D eigenvalue weighted by Crippen LogP contribution is -2.28. The van der Waals surface area contributed by atoms with Crippen LogP contribution in [0.3, 0.4) is 0 Å². The summed E-state index contributed by atoms with van der Waals surface area (Å²) in [6.45, 7) is 3.76. The van der Waals surface area contributed by atoms with E-state index in [4.69, 9.17) is 4.74 Å². The van der Waals surface area contributed by atoms with E-state index in [9.17, 15) is 4.79 Å². The molecule has 1 aliphatic heterocycles. The third kappa shape index (κ3) is 4.56. The molecule has 0 fully saturated rings. The van der Waals surface area contributed by atoms with E-state index in [1.165, 1.54) is 0 Å². The summed E-state index contributed by atoms with van der Waals surface area (Å²) in [4.78, 5) is 16.2. The maximum atomic E-state index is 11.9. The van der Waals surface area contributed by atoms with Crippen molar-refractivity contribution in [3.63, 3.8) is 0 Å². The first kappa shape index (κ1) is 15.5. The Morgan fingerprint density at radius 2 is 2.11 bits per heavy atom. The lowest BCUT2D eigenvalue weighted by Gasteiger charge is -2.06. The second-order valence-corrected chi connectivity index (χ2v) is 4.17. The fourth-order valence-corrected chi connectivity index (χ4v) is 1.87. The van der Waals surface area contributed by atoms with E-state index in [0.29, 0.717) is 18.7 Å². The first-order valence-corrected chi connectivity index (χ1v) is 6.33. The van der Waals surface area contributed by atoms with Crippen LogP contribution in [0.2, 0.25) is 0 Å². The summed E-state index contributed by atoms with van der Waals surface area (Å²) in [5.74, 6) is 1.82. The van der Waals surface area contributed by atoms with Gasteiger partial charge in [0.2, 0.25) is 0 Å². The highest BCUT2D eigenvalue weighted by atomic mass is 35.5. The molecule has 19 heavy (non-hydrogen) atoms. The molecule has 0 aromatic heterocycles. The first-order chi connectivity index (χ1) is 8.79. The number of amidine groups is 1. The maximum Gasteiger partial charge on any atom is 0.181 e. The van der Waals surface area contributed by atoms with Crippen LogP contribution in [0.4, 0.5) is 0 Å². The largest absolute Gasteiger partial charge is 0.494 e. The molecular weight excluding hydrogens is 264 g/mol. The fourth-order valence-electron chi connectivity index (χ4n) is 1.87. The van der Waals surface area contributed by atoms with Gasteiger partial charge in [-0.25, -0.2) is 0 Å². The highest BCUT2D eigenvalue weighted by molar-refractivity contribution is 6.00. The molecule has 1 N–H and O–H groups in total. The Bertz CT molecular complexity index is 443. The van der Waals surface area contributed by atoms with Crippen molar-refractivity contribution >= 4 is 24.0 Å². The molecule has 0 aliphatic carbocycles. The number of aliphatic imine (C=N–C) groups is 1. The number of hydrogen-bond donors (Lipinski definition) is 1. The summed E-state index contributed by atoms with van der Waals surface area (Å²) >= 11 is 0. The Morgan fingerprint density at radius 3 is 2.68 bits per heavy atom. The van der Waals surface area contributed by atoms with Gasteiger partial charge in [0.1, 0.15) is 5.75 Å². The van der Waals surface area contributed by atoms with Crippen LogP contribution in [0, 0.1) is 0 Å². The van der Waals surface area contributed by atoms with Crippen molar-refractivity contribution in [3.8, 4) is 5.75 Å². The number of rotatable bonds is 5. The number of nitrogens with zero attached hydrogens (tertiary/aromatic N) is 1. The number of ketones is 1. The lowest BCUT2D eigenvalue weighted by molar-refractivity contribution is 0.0996. The van der Waals surface area contributed by atoms with Crippen molar-refractivity contribution in [2.45, 2.75) is 19.8 Å². The van der Waals surface area contributed by atoms with Crippen molar-refractivity contribution < 1.29 is 9.53 Å². The summed E-state index contributed by atoms with van der Waals surface area (Å²) < 4.78 is 5.34. The van der Waals surface area contributed by atoms with Gasteiger partial charge in [0.25, 0.3) is 0 Å². The molecule has 1 aliphatic rings. The smallest absolute Gasteiger partial charge is 0.181 e. The standard InChI is InChI=1S/C14H18N2O2.ClH/c1-2-18-12-7-5-11(6-8-12)13(17)10-16-14-4-3-9-15-14;/h5-8H,2-4,9-10H2,1H3,(H,15,16);1H. The minimum Gasteiger partial charge on any atom is -0.494 e. The third-order valence-electron chi connectivity index (χ3n) is 2.81. The summed E-state index contributed by atoms with van der Waals surface area (Å²) in [6.07, 6.45) is 2.04. The monoisotopic (exact) mass is 282 g/mol. The summed E-state index contributed by atoms with van der Waals surface area (Å²) in [5, 5.41) is 3.09. The highest BCUT2D eigenvalue weighted by Gasteiger charge is 2.09. The number of nitrogens with one attached hydrogen (secondary N) is 1. The number of carbonyl (C=O) groups is 1. The van der Waals surface area contributed by atoms with Crippen LogP contribution in [-0.2, 0) is 0 Å². The van der Waals surface area contributed by atoms with E-state index in [-0.39, 0.29) is 18.2 Å². The molecule has 5 heteroatoms. The van der Waals surface area contributed by atoms with Crippen LogP contribution < -0.4 is 10.1 Å². The van der Waals surface area contributed by atoms with Gasteiger partial charge in [-0.2, -0.15) is 0 Å². The predicted molar refractivity (Wildman–Crippen MR) is 78.7 cm³/mol. The third-order valence-corrected chi connectivity index (χ3v) is 2.81. The van der Waals surface area contributed by atoms with Crippen molar-refractivity contribution in [1.82, 2.24) is 5.32 Å². The second-order valence-electron chi connectivity index (χ2n) is 4.17. The van der Waals surface area contributed by atoms with Crippen molar-refractivity contribution in [2.24, 2.45) is 4.99 Å². The molecule has 0 bridgehead atoms. The quantitative estimate of drug-likeness (QED) is 0.844. The Kier molecular flexibility index (Phi) is 6.36. The molecular formula is C14H19ClN2O2. The second kappa shape index (κ2) is 7.79. The van der Waals surface area contributed by atoms with Gasteiger partial charge in [-0.1, -0.05) is 0 Å². The van der Waals surface area contributed by atoms with Gasteiger partial charge in [-0.05, 0) is 37.6 Å². The van der Waals surface area contributed by atoms with Gasteiger partial charge in [0.15, 0.2) is 5.78 Å². The van der Waals surface area contributed by atoms with Gasteiger partial charge in [-0.15, -0.1) is 12.4 Å². The van der Waals surface area contributed by atoms with Gasteiger partial charge in [0.05, 0.1) is 19.0 Å². The van der Waals surface area contributed by atoms with Crippen LogP contribution in [0.1, 0.15) is 30.1 Å². The zero-order valence-electron chi connectivity index (χ0n) is 11.0. The maximum absolute atomic E-state index is 11.9. The zero-order chi connectivity index (χ0) is 12.8. The number of hydrogen-bond acceptors (Lipinski definition) is 4. The highest BCUT2D eigenvalue weighted by Crippen LogP contribution is 2.12. The Labute approximate surface area is 119 Å².